The van der Waals surface area contributed by atoms with Crippen molar-refractivity contribution in [1.29, 1.82) is 0 Å². The van der Waals surface area contributed by atoms with E-state index in [1.54, 1.807) is 37.3 Å². The number of amides is 2. The van der Waals surface area contributed by atoms with Crippen molar-refractivity contribution in [1.82, 2.24) is 10.2 Å². The summed E-state index contributed by atoms with van der Waals surface area (Å²) in [6.07, 6.45) is 1.27. The molecule has 0 aliphatic heterocycles. The van der Waals surface area contributed by atoms with Gasteiger partial charge in [-0.25, -0.2) is 8.42 Å². The Morgan fingerprint density at radius 1 is 0.923 bits per heavy atom. The van der Waals surface area contributed by atoms with E-state index in [2.05, 4.69) is 5.32 Å². The summed E-state index contributed by atoms with van der Waals surface area (Å²) in [6, 6.07) is 18.6. The predicted octanol–water partition coefficient (Wildman–Crippen LogP) is 5.15. The van der Waals surface area contributed by atoms with Gasteiger partial charge in [0.05, 0.1) is 11.9 Å². The second kappa shape index (κ2) is 13.3. The number of nitrogens with one attached hydrogen (secondary N) is 1. The molecule has 3 rings (SSSR count). The number of rotatable bonds is 11. The zero-order valence-electron chi connectivity index (χ0n) is 22.4. The molecule has 1 atom stereocenters. The molecule has 208 valence electrons. The Balaban J connectivity index is 2.11. The normalized spacial score (nSPS) is 12.1. The fourth-order valence-electron chi connectivity index (χ4n) is 4.30. The minimum absolute atomic E-state index is 0.0869. The second-order valence-corrected chi connectivity index (χ2v) is 12.0. The molecular formula is C29H33Cl2N3O4S. The Bertz CT molecular complexity index is 1410. The van der Waals surface area contributed by atoms with Crippen LogP contribution in [0.1, 0.15) is 29.2 Å². The number of nitrogens with zero attached hydrogens (tertiary/aromatic N) is 2. The molecule has 0 heterocycles. The third-order valence-electron chi connectivity index (χ3n) is 6.54. The van der Waals surface area contributed by atoms with Crippen LogP contribution < -0.4 is 9.62 Å². The fraction of sp³-hybridized carbons (Fsp3) is 0.310. The summed E-state index contributed by atoms with van der Waals surface area (Å²) in [5, 5.41) is 3.49. The summed E-state index contributed by atoms with van der Waals surface area (Å²) in [7, 11) is -3.86. The lowest BCUT2D eigenvalue weighted by Gasteiger charge is -2.34. The topological polar surface area (TPSA) is 86.8 Å². The number of carbonyl (C=O) groups is 2. The van der Waals surface area contributed by atoms with Gasteiger partial charge < -0.3 is 10.2 Å². The van der Waals surface area contributed by atoms with Crippen molar-refractivity contribution in [3.8, 4) is 0 Å². The molecule has 0 aromatic heterocycles. The van der Waals surface area contributed by atoms with Gasteiger partial charge in [-0.3, -0.25) is 13.9 Å². The van der Waals surface area contributed by atoms with E-state index < -0.39 is 28.5 Å². The summed E-state index contributed by atoms with van der Waals surface area (Å²) >= 11 is 12.9. The van der Waals surface area contributed by atoms with Crippen molar-refractivity contribution >= 4 is 50.7 Å². The van der Waals surface area contributed by atoms with Crippen molar-refractivity contribution in [3.63, 3.8) is 0 Å². The monoisotopic (exact) mass is 589 g/mol. The third-order valence-corrected chi connectivity index (χ3v) is 8.37. The molecule has 1 N–H and O–H groups in total. The first-order valence-corrected chi connectivity index (χ1v) is 15.1. The van der Waals surface area contributed by atoms with Gasteiger partial charge in [0.25, 0.3) is 0 Å². The Morgan fingerprint density at radius 2 is 1.54 bits per heavy atom. The maximum Gasteiger partial charge on any atom is 0.244 e. The quantitative estimate of drug-likeness (QED) is 0.335. The Hall–Kier alpha value is -3.07. The first-order chi connectivity index (χ1) is 18.4. The van der Waals surface area contributed by atoms with Gasteiger partial charge in [-0.15, -0.1) is 0 Å². The molecule has 0 aliphatic carbocycles. The van der Waals surface area contributed by atoms with Crippen molar-refractivity contribution < 1.29 is 18.0 Å². The molecule has 3 aromatic carbocycles. The van der Waals surface area contributed by atoms with Crippen LogP contribution in [0.25, 0.3) is 0 Å². The van der Waals surface area contributed by atoms with E-state index in [1.807, 2.05) is 50.2 Å². The molecule has 0 radical (unpaired) electrons. The van der Waals surface area contributed by atoms with Crippen LogP contribution in [0.2, 0.25) is 10.0 Å². The summed E-state index contributed by atoms with van der Waals surface area (Å²) in [6.45, 7) is 5.24. The standard InChI is InChI=1S/C29H33Cl2N3O4S/c1-5-32-29(36)27(17-22-12-7-6-8-13-22)33(18-23-24(30)14-10-15-25(23)31)28(35)19-34(39(4,37)38)26-16-9-11-20(2)21(26)3/h6-16,27H,5,17-19H2,1-4H3,(H,32,36)/t27-/m0/s1. The molecule has 0 saturated carbocycles. The van der Waals surface area contributed by atoms with Crippen LogP contribution in [0.5, 0.6) is 0 Å². The molecule has 2 amide bonds. The fourth-order valence-corrected chi connectivity index (χ4v) is 5.72. The molecule has 7 nitrogen and oxygen atoms in total. The van der Waals surface area contributed by atoms with E-state index in [0.29, 0.717) is 27.8 Å². The maximum atomic E-state index is 14.1. The number of hydrogen-bond donors (Lipinski definition) is 1. The van der Waals surface area contributed by atoms with E-state index in [0.717, 1.165) is 27.3 Å². The summed E-state index contributed by atoms with van der Waals surface area (Å²) in [5.41, 5.74) is 3.33. The highest BCUT2D eigenvalue weighted by Crippen LogP contribution is 2.29. The first kappa shape index (κ1) is 30.5. The average molecular weight is 591 g/mol. The van der Waals surface area contributed by atoms with Crippen LogP contribution in [-0.2, 0) is 32.6 Å². The van der Waals surface area contributed by atoms with Gasteiger partial charge in [-0.2, -0.15) is 0 Å². The minimum atomic E-state index is -3.86. The van der Waals surface area contributed by atoms with Crippen LogP contribution in [-0.4, -0.2) is 50.5 Å². The third kappa shape index (κ3) is 7.75. The molecule has 3 aromatic rings. The van der Waals surface area contributed by atoms with Crippen molar-refractivity contribution in [2.45, 2.75) is 39.8 Å². The van der Waals surface area contributed by atoms with E-state index in [1.165, 1.54) is 4.90 Å². The average Bonchev–Trinajstić information content (AvgIpc) is 2.88. The predicted molar refractivity (Wildman–Crippen MR) is 158 cm³/mol. The smallest absolute Gasteiger partial charge is 0.244 e. The molecular weight excluding hydrogens is 557 g/mol. The van der Waals surface area contributed by atoms with Gasteiger partial charge in [0.15, 0.2) is 0 Å². The lowest BCUT2D eigenvalue weighted by Crippen LogP contribution is -2.53. The molecule has 39 heavy (non-hydrogen) atoms. The van der Waals surface area contributed by atoms with E-state index in [-0.39, 0.29) is 18.9 Å². The second-order valence-electron chi connectivity index (χ2n) is 9.31. The number of hydrogen-bond acceptors (Lipinski definition) is 4. The van der Waals surface area contributed by atoms with Gasteiger partial charge in [0.2, 0.25) is 21.8 Å². The molecule has 0 bridgehead atoms. The largest absolute Gasteiger partial charge is 0.355 e. The van der Waals surface area contributed by atoms with Gasteiger partial charge in [0, 0.05) is 35.1 Å². The van der Waals surface area contributed by atoms with Crippen LogP contribution in [0.15, 0.2) is 66.7 Å². The summed E-state index contributed by atoms with van der Waals surface area (Å²) in [4.78, 5) is 28.9. The lowest BCUT2D eigenvalue weighted by atomic mass is 10.0. The molecule has 0 saturated heterocycles. The van der Waals surface area contributed by atoms with Crippen LogP contribution >= 0.6 is 23.2 Å². The molecule has 0 aliphatic rings. The lowest BCUT2D eigenvalue weighted by molar-refractivity contribution is -0.140. The molecule has 0 fully saturated rings. The molecule has 0 unspecified atom stereocenters. The van der Waals surface area contributed by atoms with E-state index >= 15 is 0 Å². The zero-order chi connectivity index (χ0) is 28.7. The summed E-state index contributed by atoms with van der Waals surface area (Å²) in [5.74, 6) is -0.931. The highest BCUT2D eigenvalue weighted by atomic mass is 35.5. The van der Waals surface area contributed by atoms with E-state index in [9.17, 15) is 18.0 Å². The number of aryl methyl sites for hydroxylation is 1. The number of benzene rings is 3. The summed E-state index contributed by atoms with van der Waals surface area (Å²) < 4.78 is 27.0. The minimum Gasteiger partial charge on any atom is -0.355 e. The number of halogens is 2. The Labute approximate surface area is 240 Å². The maximum absolute atomic E-state index is 14.1. The van der Waals surface area contributed by atoms with Gasteiger partial charge in [0.1, 0.15) is 12.6 Å². The first-order valence-electron chi connectivity index (χ1n) is 12.5. The SMILES string of the molecule is CCNC(=O)[C@H](Cc1ccccc1)N(Cc1c(Cl)cccc1Cl)C(=O)CN(c1cccc(C)c1C)S(C)(=O)=O. The van der Waals surface area contributed by atoms with Crippen molar-refractivity contribution in [2.75, 3.05) is 23.7 Å². The number of carbonyl (C=O) groups excluding carboxylic acids is 2. The van der Waals surface area contributed by atoms with Gasteiger partial charge in [-0.05, 0) is 55.7 Å². The Morgan fingerprint density at radius 3 is 2.13 bits per heavy atom. The van der Waals surface area contributed by atoms with Crippen molar-refractivity contribution in [3.05, 3.63) is 99.0 Å². The highest BCUT2D eigenvalue weighted by Gasteiger charge is 2.34. The van der Waals surface area contributed by atoms with Gasteiger partial charge in [-0.1, -0.05) is 71.7 Å². The molecule has 0 spiro atoms. The zero-order valence-corrected chi connectivity index (χ0v) is 24.8. The highest BCUT2D eigenvalue weighted by molar-refractivity contribution is 7.92. The molecule has 10 heteroatoms. The van der Waals surface area contributed by atoms with Gasteiger partial charge >= 0.3 is 0 Å². The Kier molecular flexibility index (Phi) is 10.4. The van der Waals surface area contributed by atoms with Crippen molar-refractivity contribution in [2.24, 2.45) is 0 Å². The van der Waals surface area contributed by atoms with Crippen LogP contribution in [0.4, 0.5) is 5.69 Å². The number of sulfonamides is 1. The van der Waals surface area contributed by atoms with Crippen LogP contribution in [0.3, 0.4) is 0 Å². The van der Waals surface area contributed by atoms with E-state index in [4.69, 9.17) is 23.2 Å². The number of likely N-dealkylation sites (N-methyl/N-ethyl adjacent to an activating group) is 1. The van der Waals surface area contributed by atoms with Crippen LogP contribution in [0, 0.1) is 13.8 Å². The number of anilines is 1.